The van der Waals surface area contributed by atoms with Crippen molar-refractivity contribution >= 4 is 11.5 Å². The van der Waals surface area contributed by atoms with Crippen molar-refractivity contribution in [2.75, 3.05) is 12.4 Å². The van der Waals surface area contributed by atoms with Gasteiger partial charge in [-0.15, -0.1) is 0 Å². The van der Waals surface area contributed by atoms with Crippen LogP contribution in [0.2, 0.25) is 0 Å². The molecule has 0 aliphatic rings. The van der Waals surface area contributed by atoms with E-state index in [1.54, 1.807) is 24.5 Å². The monoisotopic (exact) mass is 240 g/mol. The molecule has 0 aliphatic carbocycles. The Bertz CT molecular complexity index is 688. The summed E-state index contributed by atoms with van der Waals surface area (Å²) < 4.78 is 1.96. The zero-order valence-electron chi connectivity index (χ0n) is 9.83. The molecule has 0 spiro atoms. The number of nitrogens with one attached hydrogen (secondary N) is 1. The van der Waals surface area contributed by atoms with Gasteiger partial charge < -0.3 is 10.4 Å². The van der Waals surface area contributed by atoms with Crippen LogP contribution in [0.3, 0.4) is 0 Å². The molecule has 1 aromatic carbocycles. The highest BCUT2D eigenvalue weighted by molar-refractivity contribution is 5.70. The lowest BCUT2D eigenvalue weighted by Crippen LogP contribution is -1.97. The number of anilines is 1. The van der Waals surface area contributed by atoms with Crippen LogP contribution in [0.25, 0.3) is 16.9 Å². The van der Waals surface area contributed by atoms with Crippen LogP contribution in [0, 0.1) is 0 Å². The second-order valence-electron chi connectivity index (χ2n) is 3.91. The third kappa shape index (κ3) is 1.57. The van der Waals surface area contributed by atoms with Gasteiger partial charge >= 0.3 is 0 Å². The molecule has 5 heteroatoms. The first kappa shape index (κ1) is 10.6. The highest BCUT2D eigenvalue weighted by Crippen LogP contribution is 2.24. The summed E-state index contributed by atoms with van der Waals surface area (Å²) in [4.78, 5) is 8.58. The molecule has 2 N–H and O–H groups in total. The molecule has 0 amide bonds. The number of phenolic OH excluding ortho intramolecular Hbond substituents is 1. The summed E-state index contributed by atoms with van der Waals surface area (Å²) in [6, 6.07) is 7.04. The summed E-state index contributed by atoms with van der Waals surface area (Å²) >= 11 is 0. The summed E-state index contributed by atoms with van der Waals surface area (Å²) in [6.45, 7) is 0. The van der Waals surface area contributed by atoms with E-state index in [-0.39, 0.29) is 5.75 Å². The number of hydrogen-bond acceptors (Lipinski definition) is 4. The maximum atomic E-state index is 9.31. The third-order valence-corrected chi connectivity index (χ3v) is 2.83. The first-order chi connectivity index (χ1) is 8.79. The van der Waals surface area contributed by atoms with Crippen LogP contribution >= 0.6 is 0 Å². The van der Waals surface area contributed by atoms with Crippen molar-refractivity contribution in [3.63, 3.8) is 0 Å². The first-order valence-electron chi connectivity index (χ1n) is 5.59. The second-order valence-corrected chi connectivity index (χ2v) is 3.91. The van der Waals surface area contributed by atoms with E-state index in [0.29, 0.717) is 0 Å². The van der Waals surface area contributed by atoms with Gasteiger partial charge in [0.05, 0.1) is 11.9 Å². The van der Waals surface area contributed by atoms with Gasteiger partial charge in [-0.05, 0) is 24.3 Å². The zero-order valence-corrected chi connectivity index (χ0v) is 9.83. The maximum absolute atomic E-state index is 9.31. The van der Waals surface area contributed by atoms with Crippen molar-refractivity contribution in [2.24, 2.45) is 0 Å². The molecule has 0 saturated carbocycles. The molecule has 18 heavy (non-hydrogen) atoms. The minimum absolute atomic E-state index is 0.255. The number of hydrogen-bond donors (Lipinski definition) is 2. The number of benzene rings is 1. The number of aromatic nitrogens is 3. The van der Waals surface area contributed by atoms with Crippen LogP contribution in [0.15, 0.2) is 42.9 Å². The Kier molecular flexibility index (Phi) is 2.37. The normalized spacial score (nSPS) is 10.7. The largest absolute Gasteiger partial charge is 0.508 e. The van der Waals surface area contributed by atoms with Crippen molar-refractivity contribution in [1.82, 2.24) is 14.4 Å². The Morgan fingerprint density at radius 1 is 1.17 bits per heavy atom. The van der Waals surface area contributed by atoms with Crippen molar-refractivity contribution in [1.29, 1.82) is 0 Å². The van der Waals surface area contributed by atoms with Crippen LogP contribution in [0.5, 0.6) is 5.75 Å². The second kappa shape index (κ2) is 4.03. The Morgan fingerprint density at radius 2 is 1.94 bits per heavy atom. The van der Waals surface area contributed by atoms with E-state index in [9.17, 15) is 5.11 Å². The summed E-state index contributed by atoms with van der Waals surface area (Å²) in [6.07, 6.45) is 5.39. The Morgan fingerprint density at radius 3 is 2.67 bits per heavy atom. The van der Waals surface area contributed by atoms with Crippen LogP contribution < -0.4 is 5.32 Å². The molecule has 0 radical (unpaired) electrons. The fourth-order valence-electron chi connectivity index (χ4n) is 1.94. The first-order valence-corrected chi connectivity index (χ1v) is 5.59. The standard InChI is InChI=1S/C13H12N4O/c1-14-12-13-16-8-11(17(13)7-6-15-12)9-2-4-10(18)5-3-9/h2-8,18H,1H3,(H,14,15). The molecule has 3 rings (SSSR count). The zero-order chi connectivity index (χ0) is 12.5. The van der Waals surface area contributed by atoms with Gasteiger partial charge in [-0.3, -0.25) is 4.40 Å². The minimum Gasteiger partial charge on any atom is -0.508 e. The van der Waals surface area contributed by atoms with E-state index < -0.39 is 0 Å². The fraction of sp³-hybridized carbons (Fsp3) is 0.0769. The molecule has 0 aliphatic heterocycles. The topological polar surface area (TPSA) is 62.5 Å². The molecule has 2 heterocycles. The van der Waals surface area contributed by atoms with Crippen LogP contribution in [0.4, 0.5) is 5.82 Å². The lowest BCUT2D eigenvalue weighted by Gasteiger charge is -2.04. The SMILES string of the molecule is CNc1nccn2c(-c3ccc(O)cc3)cnc12. The van der Waals surface area contributed by atoms with E-state index in [2.05, 4.69) is 15.3 Å². The predicted octanol–water partition coefficient (Wildman–Crippen LogP) is 2.14. The van der Waals surface area contributed by atoms with E-state index >= 15 is 0 Å². The molecule has 0 unspecified atom stereocenters. The lowest BCUT2D eigenvalue weighted by molar-refractivity contribution is 0.475. The van der Waals surface area contributed by atoms with Crippen molar-refractivity contribution in [3.05, 3.63) is 42.9 Å². The number of phenols is 1. The molecule has 0 saturated heterocycles. The summed E-state index contributed by atoms with van der Waals surface area (Å²) in [7, 11) is 1.82. The van der Waals surface area contributed by atoms with E-state index in [0.717, 1.165) is 22.7 Å². The number of nitrogens with zero attached hydrogens (tertiary/aromatic N) is 3. The van der Waals surface area contributed by atoms with Crippen molar-refractivity contribution in [2.45, 2.75) is 0 Å². The Labute approximate surface area is 104 Å². The molecular weight excluding hydrogens is 228 g/mol. The van der Waals surface area contributed by atoms with Gasteiger partial charge in [0, 0.05) is 25.0 Å². The van der Waals surface area contributed by atoms with Crippen LogP contribution in [0.1, 0.15) is 0 Å². The predicted molar refractivity (Wildman–Crippen MR) is 69.6 cm³/mol. The third-order valence-electron chi connectivity index (χ3n) is 2.83. The van der Waals surface area contributed by atoms with Gasteiger partial charge in [-0.25, -0.2) is 9.97 Å². The Balaban J connectivity index is 2.21. The molecular formula is C13H12N4O. The average Bonchev–Trinajstić information content (AvgIpc) is 2.83. The summed E-state index contributed by atoms with van der Waals surface area (Å²) in [5, 5.41) is 12.3. The van der Waals surface area contributed by atoms with Crippen LogP contribution in [-0.2, 0) is 0 Å². The highest BCUT2D eigenvalue weighted by atomic mass is 16.3. The number of imidazole rings is 1. The van der Waals surface area contributed by atoms with E-state index in [1.165, 1.54) is 0 Å². The van der Waals surface area contributed by atoms with E-state index in [1.807, 2.05) is 29.8 Å². The number of fused-ring (bicyclic) bond motifs is 1. The average molecular weight is 240 g/mol. The fourth-order valence-corrected chi connectivity index (χ4v) is 1.94. The highest BCUT2D eigenvalue weighted by Gasteiger charge is 2.08. The van der Waals surface area contributed by atoms with Gasteiger partial charge in [0.25, 0.3) is 0 Å². The summed E-state index contributed by atoms with van der Waals surface area (Å²) in [5.41, 5.74) is 2.74. The van der Waals surface area contributed by atoms with Gasteiger partial charge in [-0.2, -0.15) is 0 Å². The van der Waals surface area contributed by atoms with Gasteiger partial charge in [0.15, 0.2) is 11.5 Å². The van der Waals surface area contributed by atoms with Gasteiger partial charge in [0.1, 0.15) is 5.75 Å². The number of rotatable bonds is 2. The molecule has 0 bridgehead atoms. The number of aromatic hydroxyl groups is 1. The Hall–Kier alpha value is -2.56. The minimum atomic E-state index is 0.255. The quantitative estimate of drug-likeness (QED) is 0.720. The van der Waals surface area contributed by atoms with Gasteiger partial charge in [0.2, 0.25) is 0 Å². The molecule has 5 nitrogen and oxygen atoms in total. The molecule has 90 valence electrons. The molecule has 2 aromatic heterocycles. The molecule has 3 aromatic rings. The van der Waals surface area contributed by atoms with Crippen molar-refractivity contribution < 1.29 is 5.11 Å². The van der Waals surface area contributed by atoms with Gasteiger partial charge in [-0.1, -0.05) is 0 Å². The van der Waals surface area contributed by atoms with Crippen molar-refractivity contribution in [3.8, 4) is 17.0 Å². The van der Waals surface area contributed by atoms with Crippen LogP contribution in [-0.4, -0.2) is 26.5 Å². The maximum Gasteiger partial charge on any atom is 0.180 e. The molecule has 0 atom stereocenters. The summed E-state index contributed by atoms with van der Waals surface area (Å²) in [5.74, 6) is 0.993. The lowest BCUT2D eigenvalue weighted by atomic mass is 10.1. The smallest absolute Gasteiger partial charge is 0.180 e. The molecule has 0 fully saturated rings. The van der Waals surface area contributed by atoms with E-state index in [4.69, 9.17) is 0 Å².